The standard InChI is InChI=1S/C14H16Cl2N2O3/c15-10-3-9(4-11(16)5-10)13(20)14(21)18-7-12(19)17-6-8-1-2-8/h3-5,8,13,20H,1-2,6-7H2,(H,17,19)(H,18,21). The number of carbonyl (C=O) groups excluding carboxylic acids is 2. The van der Waals surface area contributed by atoms with Crippen molar-refractivity contribution in [3.8, 4) is 0 Å². The number of amides is 2. The van der Waals surface area contributed by atoms with Crippen molar-refractivity contribution in [2.45, 2.75) is 18.9 Å². The van der Waals surface area contributed by atoms with Gasteiger partial charge in [0.25, 0.3) is 5.91 Å². The highest BCUT2D eigenvalue weighted by molar-refractivity contribution is 6.34. The second kappa shape index (κ2) is 7.11. The van der Waals surface area contributed by atoms with E-state index in [1.165, 1.54) is 18.2 Å². The van der Waals surface area contributed by atoms with E-state index in [9.17, 15) is 14.7 Å². The minimum absolute atomic E-state index is 0.170. The first-order valence-electron chi connectivity index (χ1n) is 6.64. The van der Waals surface area contributed by atoms with Gasteiger partial charge in [0, 0.05) is 16.6 Å². The lowest BCUT2D eigenvalue weighted by atomic mass is 10.1. The average Bonchev–Trinajstić information content (AvgIpc) is 3.24. The van der Waals surface area contributed by atoms with Crippen molar-refractivity contribution in [3.63, 3.8) is 0 Å². The Balaban J connectivity index is 1.82. The van der Waals surface area contributed by atoms with Crippen LogP contribution in [0.2, 0.25) is 10.0 Å². The van der Waals surface area contributed by atoms with E-state index >= 15 is 0 Å². The van der Waals surface area contributed by atoms with Crippen LogP contribution in [0.15, 0.2) is 18.2 Å². The monoisotopic (exact) mass is 330 g/mol. The van der Waals surface area contributed by atoms with E-state index in [0.717, 1.165) is 12.8 Å². The van der Waals surface area contributed by atoms with Crippen LogP contribution in [-0.2, 0) is 9.59 Å². The second-order valence-corrected chi connectivity index (χ2v) is 5.94. The summed E-state index contributed by atoms with van der Waals surface area (Å²) in [6.45, 7) is 0.470. The van der Waals surface area contributed by atoms with E-state index < -0.39 is 12.0 Å². The van der Waals surface area contributed by atoms with Gasteiger partial charge in [-0.15, -0.1) is 0 Å². The van der Waals surface area contributed by atoms with E-state index in [0.29, 0.717) is 22.5 Å². The fraction of sp³-hybridized carbons (Fsp3) is 0.429. The van der Waals surface area contributed by atoms with Crippen molar-refractivity contribution in [2.75, 3.05) is 13.1 Å². The molecule has 21 heavy (non-hydrogen) atoms. The quantitative estimate of drug-likeness (QED) is 0.742. The van der Waals surface area contributed by atoms with Gasteiger partial charge in [-0.2, -0.15) is 0 Å². The molecule has 0 aromatic heterocycles. The molecule has 1 aromatic rings. The molecule has 1 atom stereocenters. The third kappa shape index (κ3) is 5.19. The summed E-state index contributed by atoms with van der Waals surface area (Å²) in [6, 6.07) is 4.40. The number of benzene rings is 1. The van der Waals surface area contributed by atoms with Crippen LogP contribution < -0.4 is 10.6 Å². The molecule has 1 aliphatic carbocycles. The van der Waals surface area contributed by atoms with E-state index in [-0.39, 0.29) is 18.0 Å². The summed E-state index contributed by atoms with van der Waals surface area (Å²) in [4.78, 5) is 23.3. The molecule has 0 radical (unpaired) electrons. The molecule has 0 spiro atoms. The van der Waals surface area contributed by atoms with Crippen molar-refractivity contribution >= 4 is 35.0 Å². The molecule has 1 fully saturated rings. The zero-order valence-corrected chi connectivity index (χ0v) is 12.7. The van der Waals surface area contributed by atoms with Gasteiger partial charge in [0.05, 0.1) is 6.54 Å². The van der Waals surface area contributed by atoms with Crippen LogP contribution in [0.4, 0.5) is 0 Å². The maximum absolute atomic E-state index is 11.8. The SMILES string of the molecule is O=C(CNC(=O)C(O)c1cc(Cl)cc(Cl)c1)NCC1CC1. The Bertz CT molecular complexity index is 527. The van der Waals surface area contributed by atoms with Gasteiger partial charge in [0.1, 0.15) is 0 Å². The van der Waals surface area contributed by atoms with Crippen molar-refractivity contribution in [3.05, 3.63) is 33.8 Å². The highest BCUT2D eigenvalue weighted by atomic mass is 35.5. The molecule has 5 nitrogen and oxygen atoms in total. The number of hydrogen-bond acceptors (Lipinski definition) is 3. The number of rotatable bonds is 6. The summed E-state index contributed by atoms with van der Waals surface area (Å²) in [5.74, 6) is -0.370. The number of carbonyl (C=O) groups is 2. The molecule has 2 rings (SSSR count). The Labute approximate surface area is 132 Å². The third-order valence-electron chi connectivity index (χ3n) is 3.16. The van der Waals surface area contributed by atoms with Gasteiger partial charge in [-0.25, -0.2) is 0 Å². The van der Waals surface area contributed by atoms with E-state index in [4.69, 9.17) is 23.2 Å². The fourth-order valence-electron chi connectivity index (χ4n) is 1.79. The lowest BCUT2D eigenvalue weighted by Crippen LogP contribution is -2.39. The molecule has 7 heteroatoms. The van der Waals surface area contributed by atoms with Crippen molar-refractivity contribution in [1.82, 2.24) is 10.6 Å². The summed E-state index contributed by atoms with van der Waals surface area (Å²) in [5, 5.41) is 15.7. The average molecular weight is 331 g/mol. The number of nitrogens with one attached hydrogen (secondary N) is 2. The Morgan fingerprint density at radius 2 is 1.81 bits per heavy atom. The Hall–Kier alpha value is -1.30. The molecule has 114 valence electrons. The highest BCUT2D eigenvalue weighted by Gasteiger charge is 2.22. The predicted octanol–water partition coefficient (Wildman–Crippen LogP) is 1.67. The maximum atomic E-state index is 11.8. The first-order chi connectivity index (χ1) is 9.95. The number of hydrogen-bond donors (Lipinski definition) is 3. The van der Waals surface area contributed by atoms with Crippen LogP contribution in [0.1, 0.15) is 24.5 Å². The molecule has 0 bridgehead atoms. The molecule has 1 saturated carbocycles. The van der Waals surface area contributed by atoms with E-state index in [2.05, 4.69) is 10.6 Å². The Kier molecular flexibility index (Phi) is 5.45. The molecule has 2 amide bonds. The normalized spacial score (nSPS) is 15.4. The lowest BCUT2D eigenvalue weighted by molar-refractivity contribution is -0.132. The van der Waals surface area contributed by atoms with Gasteiger partial charge >= 0.3 is 0 Å². The number of aliphatic hydroxyl groups is 1. The first kappa shape index (κ1) is 16.1. The van der Waals surface area contributed by atoms with Crippen LogP contribution in [0.25, 0.3) is 0 Å². The van der Waals surface area contributed by atoms with E-state index in [1.807, 2.05) is 0 Å². The molecule has 1 aliphatic rings. The zero-order valence-electron chi connectivity index (χ0n) is 11.2. The summed E-state index contributed by atoms with van der Waals surface area (Å²) in [5.41, 5.74) is 0.281. The topological polar surface area (TPSA) is 78.4 Å². The zero-order chi connectivity index (χ0) is 15.4. The van der Waals surface area contributed by atoms with Crippen LogP contribution in [0.3, 0.4) is 0 Å². The molecular formula is C14H16Cl2N2O3. The number of aliphatic hydroxyl groups excluding tert-OH is 1. The molecule has 0 aliphatic heterocycles. The summed E-state index contributed by atoms with van der Waals surface area (Å²) in [7, 11) is 0. The van der Waals surface area contributed by atoms with Gasteiger partial charge in [0.15, 0.2) is 6.10 Å². The van der Waals surface area contributed by atoms with Gasteiger partial charge in [0.2, 0.25) is 5.91 Å². The smallest absolute Gasteiger partial charge is 0.253 e. The maximum Gasteiger partial charge on any atom is 0.253 e. The Morgan fingerprint density at radius 1 is 1.19 bits per heavy atom. The summed E-state index contributed by atoms with van der Waals surface area (Å²) >= 11 is 11.6. The molecule has 1 aromatic carbocycles. The molecule has 1 unspecified atom stereocenters. The van der Waals surface area contributed by atoms with Crippen LogP contribution >= 0.6 is 23.2 Å². The van der Waals surface area contributed by atoms with Gasteiger partial charge in [-0.3, -0.25) is 9.59 Å². The van der Waals surface area contributed by atoms with Gasteiger partial charge in [-0.05, 0) is 42.5 Å². The van der Waals surface area contributed by atoms with Crippen molar-refractivity contribution < 1.29 is 14.7 Å². The minimum atomic E-state index is -1.42. The molecule has 0 saturated heterocycles. The lowest BCUT2D eigenvalue weighted by Gasteiger charge is -2.12. The van der Waals surface area contributed by atoms with Gasteiger partial charge < -0.3 is 15.7 Å². The van der Waals surface area contributed by atoms with Crippen LogP contribution in [0.5, 0.6) is 0 Å². The van der Waals surface area contributed by atoms with Crippen molar-refractivity contribution in [1.29, 1.82) is 0 Å². The van der Waals surface area contributed by atoms with Crippen LogP contribution in [-0.4, -0.2) is 30.0 Å². The minimum Gasteiger partial charge on any atom is -0.378 e. The number of halogens is 2. The van der Waals surface area contributed by atoms with Crippen LogP contribution in [0, 0.1) is 5.92 Å². The predicted molar refractivity (Wildman–Crippen MR) is 80.2 cm³/mol. The largest absolute Gasteiger partial charge is 0.378 e. The summed E-state index contributed by atoms with van der Waals surface area (Å²) in [6.07, 6.45) is 0.860. The van der Waals surface area contributed by atoms with E-state index in [1.54, 1.807) is 0 Å². The first-order valence-corrected chi connectivity index (χ1v) is 7.40. The highest BCUT2D eigenvalue weighted by Crippen LogP contribution is 2.27. The summed E-state index contributed by atoms with van der Waals surface area (Å²) < 4.78 is 0. The molecule has 0 heterocycles. The Morgan fingerprint density at radius 3 is 2.38 bits per heavy atom. The molecular weight excluding hydrogens is 315 g/mol. The second-order valence-electron chi connectivity index (χ2n) is 5.07. The van der Waals surface area contributed by atoms with Crippen molar-refractivity contribution in [2.24, 2.45) is 5.92 Å². The fourth-order valence-corrected chi connectivity index (χ4v) is 2.33. The van der Waals surface area contributed by atoms with Gasteiger partial charge in [-0.1, -0.05) is 23.2 Å². The third-order valence-corrected chi connectivity index (χ3v) is 3.59. The molecule has 3 N–H and O–H groups in total.